The van der Waals surface area contributed by atoms with Crippen LogP contribution in [0, 0.1) is 10.8 Å². The normalized spacial score (nSPS) is 13.0. The first-order chi connectivity index (χ1) is 19.0. The van der Waals surface area contributed by atoms with Crippen LogP contribution in [-0.2, 0) is 10.8 Å². The second kappa shape index (κ2) is 15.9. The topological polar surface area (TPSA) is 18.5 Å². The second-order valence-corrected chi connectivity index (χ2v) is 17.8. The number of unbranched alkanes of at least 4 members (excludes halogenated alkanes) is 2. The minimum atomic E-state index is 0.0492. The zero-order valence-corrected chi connectivity index (χ0v) is 31.5. The van der Waals surface area contributed by atoms with Crippen molar-refractivity contribution in [3.8, 4) is 11.5 Å². The third-order valence-electron chi connectivity index (χ3n) is 7.19. The van der Waals surface area contributed by atoms with Crippen molar-refractivity contribution in [2.75, 3.05) is 23.9 Å². The molecule has 0 heterocycles. The predicted molar refractivity (Wildman–Crippen MR) is 188 cm³/mol. The largest absolute Gasteiger partial charge is 0.492 e. The zero-order valence-electron chi connectivity index (χ0n) is 27.5. The Labute approximate surface area is 273 Å². The van der Waals surface area contributed by atoms with Crippen LogP contribution in [0.1, 0.15) is 119 Å². The molecule has 0 aliphatic heterocycles. The van der Waals surface area contributed by atoms with Gasteiger partial charge in [0.1, 0.15) is 11.5 Å². The highest BCUT2D eigenvalue weighted by molar-refractivity contribution is 9.09. The number of hydrogen-bond acceptors (Lipinski definition) is 3. The van der Waals surface area contributed by atoms with Crippen molar-refractivity contribution < 1.29 is 9.47 Å². The number of halogens is 2. The summed E-state index contributed by atoms with van der Waals surface area (Å²) < 4.78 is 12.8. The molecule has 0 aliphatic rings. The van der Waals surface area contributed by atoms with Gasteiger partial charge in [-0.15, -0.1) is 0 Å². The summed E-state index contributed by atoms with van der Waals surface area (Å²) >= 11 is 8.90. The summed E-state index contributed by atoms with van der Waals surface area (Å²) in [7, 11) is 0. The molecule has 0 aromatic heterocycles. The minimum Gasteiger partial charge on any atom is -0.492 e. The van der Waals surface area contributed by atoms with Gasteiger partial charge in [-0.3, -0.25) is 0 Å². The summed E-state index contributed by atoms with van der Waals surface area (Å²) in [6, 6.07) is 13.7. The van der Waals surface area contributed by atoms with E-state index in [1.807, 2.05) is 0 Å². The third-order valence-corrected chi connectivity index (χ3v) is 9.39. The van der Waals surface area contributed by atoms with Crippen LogP contribution < -0.4 is 9.47 Å². The molecule has 0 saturated heterocycles. The SMILES string of the molecule is CC(C)(C)CC(C)(C)c1ccc(OCCCCBr)c(Sc2cc(C(C)(C)CC(C)(C)C)ccc2OCCCCBr)c1. The molecule has 0 aliphatic carbocycles. The van der Waals surface area contributed by atoms with Crippen LogP contribution in [0.5, 0.6) is 11.5 Å². The lowest BCUT2D eigenvalue weighted by Gasteiger charge is -2.34. The molecule has 2 aromatic rings. The molecular formula is C36H56Br2O2S. The van der Waals surface area contributed by atoms with Crippen LogP contribution in [0.25, 0.3) is 0 Å². The Balaban J connectivity index is 2.57. The maximum Gasteiger partial charge on any atom is 0.133 e. The maximum atomic E-state index is 6.41. The summed E-state index contributed by atoms with van der Waals surface area (Å²) in [5, 5.41) is 2.01. The fraction of sp³-hybridized carbons (Fsp3) is 0.667. The van der Waals surface area contributed by atoms with Crippen molar-refractivity contribution in [2.45, 2.75) is 128 Å². The van der Waals surface area contributed by atoms with Crippen LogP contribution in [-0.4, -0.2) is 23.9 Å². The Hall–Kier alpha value is -0.650. The fourth-order valence-corrected chi connectivity index (χ4v) is 7.84. The zero-order chi connectivity index (χ0) is 30.9. The maximum absolute atomic E-state index is 6.41. The average Bonchev–Trinajstić information content (AvgIpc) is 2.83. The Bertz CT molecular complexity index is 994. The molecule has 2 aromatic carbocycles. The van der Waals surface area contributed by atoms with Crippen LogP contribution in [0.3, 0.4) is 0 Å². The van der Waals surface area contributed by atoms with Gasteiger partial charge < -0.3 is 9.47 Å². The van der Waals surface area contributed by atoms with Crippen molar-refractivity contribution in [1.82, 2.24) is 0 Å². The van der Waals surface area contributed by atoms with Crippen LogP contribution in [0.4, 0.5) is 0 Å². The van der Waals surface area contributed by atoms with E-state index in [-0.39, 0.29) is 21.7 Å². The van der Waals surface area contributed by atoms with Gasteiger partial charge in [-0.1, -0.05) is 125 Å². The number of rotatable bonds is 16. The number of hydrogen-bond donors (Lipinski definition) is 0. The lowest BCUT2D eigenvalue weighted by Crippen LogP contribution is -2.25. The molecule has 5 heteroatoms. The molecule has 0 bridgehead atoms. The van der Waals surface area contributed by atoms with E-state index in [1.165, 1.54) is 20.9 Å². The Morgan fingerprint density at radius 2 is 0.927 bits per heavy atom. The molecule has 0 unspecified atom stereocenters. The molecule has 0 spiro atoms. The Morgan fingerprint density at radius 3 is 1.24 bits per heavy atom. The Morgan fingerprint density at radius 1 is 0.561 bits per heavy atom. The first kappa shape index (κ1) is 36.5. The smallest absolute Gasteiger partial charge is 0.133 e. The van der Waals surface area contributed by atoms with E-state index in [0.717, 1.165) is 73.9 Å². The number of alkyl halides is 2. The van der Waals surface area contributed by atoms with E-state index in [0.29, 0.717) is 0 Å². The van der Waals surface area contributed by atoms with Crippen molar-refractivity contribution in [1.29, 1.82) is 0 Å². The van der Waals surface area contributed by atoms with Gasteiger partial charge in [-0.05, 0) is 95.6 Å². The van der Waals surface area contributed by atoms with Crippen LogP contribution in [0.15, 0.2) is 46.2 Å². The lowest BCUT2D eigenvalue weighted by atomic mass is 9.72. The summed E-state index contributed by atoms with van der Waals surface area (Å²) in [5.74, 6) is 1.92. The number of benzene rings is 2. The van der Waals surface area contributed by atoms with E-state index in [9.17, 15) is 0 Å². The molecule has 2 nitrogen and oxygen atoms in total. The summed E-state index contributed by atoms with van der Waals surface area (Å²) in [5.41, 5.74) is 3.29. The van der Waals surface area contributed by atoms with Gasteiger partial charge in [0.05, 0.1) is 23.0 Å². The molecule has 2 rings (SSSR count). The summed E-state index contributed by atoms with van der Waals surface area (Å²) in [6.07, 6.45) is 6.49. The van der Waals surface area contributed by atoms with Crippen molar-refractivity contribution in [3.05, 3.63) is 47.5 Å². The quantitative estimate of drug-likeness (QED) is 0.128. The van der Waals surface area contributed by atoms with Gasteiger partial charge in [0.15, 0.2) is 0 Å². The number of ether oxygens (including phenoxy) is 2. The average molecular weight is 713 g/mol. The van der Waals surface area contributed by atoms with E-state index >= 15 is 0 Å². The van der Waals surface area contributed by atoms with Crippen molar-refractivity contribution in [3.63, 3.8) is 0 Å². The molecule has 0 N–H and O–H groups in total. The fourth-order valence-electron chi connectivity index (χ4n) is 5.99. The predicted octanol–water partition coefficient (Wildman–Crippen LogP) is 12.4. The van der Waals surface area contributed by atoms with Crippen LogP contribution in [0.2, 0.25) is 0 Å². The lowest BCUT2D eigenvalue weighted by molar-refractivity contribution is 0.282. The molecule has 0 fully saturated rings. The van der Waals surface area contributed by atoms with E-state index in [1.54, 1.807) is 11.8 Å². The van der Waals surface area contributed by atoms with Gasteiger partial charge in [-0.25, -0.2) is 0 Å². The highest BCUT2D eigenvalue weighted by Crippen LogP contribution is 2.46. The van der Waals surface area contributed by atoms with Gasteiger partial charge in [-0.2, -0.15) is 0 Å². The van der Waals surface area contributed by atoms with Crippen molar-refractivity contribution >= 4 is 43.6 Å². The first-order valence-corrected chi connectivity index (χ1v) is 18.4. The van der Waals surface area contributed by atoms with Gasteiger partial charge >= 0.3 is 0 Å². The van der Waals surface area contributed by atoms with Gasteiger partial charge in [0, 0.05) is 10.7 Å². The molecule has 0 amide bonds. The highest BCUT2D eigenvalue weighted by Gasteiger charge is 2.30. The molecule has 0 radical (unpaired) electrons. The highest BCUT2D eigenvalue weighted by atomic mass is 79.9. The summed E-state index contributed by atoms with van der Waals surface area (Å²) in [4.78, 5) is 2.33. The summed E-state index contributed by atoms with van der Waals surface area (Å²) in [6.45, 7) is 24.9. The third kappa shape index (κ3) is 12.9. The van der Waals surface area contributed by atoms with E-state index in [2.05, 4.69) is 137 Å². The second-order valence-electron chi connectivity index (χ2n) is 15.2. The first-order valence-electron chi connectivity index (χ1n) is 15.3. The minimum absolute atomic E-state index is 0.0492. The molecular weight excluding hydrogens is 656 g/mol. The molecule has 0 saturated carbocycles. The van der Waals surface area contributed by atoms with Crippen LogP contribution >= 0.6 is 43.6 Å². The Kier molecular flexibility index (Phi) is 14.2. The molecule has 41 heavy (non-hydrogen) atoms. The standard InChI is InChI=1S/C36H56Br2O2S/c1-33(2,3)25-35(7,8)27-15-17-29(39-21-13-11-19-37)31(23-27)41-32-24-28(36(9,10)26-34(4,5)6)16-18-30(32)40-22-14-12-20-38/h15-18,23-24H,11-14,19-22,25-26H2,1-10H3. The van der Waals surface area contributed by atoms with Gasteiger partial charge in [0.25, 0.3) is 0 Å². The van der Waals surface area contributed by atoms with Crippen molar-refractivity contribution in [2.24, 2.45) is 10.8 Å². The molecule has 0 atom stereocenters. The van der Waals surface area contributed by atoms with E-state index in [4.69, 9.17) is 9.47 Å². The van der Waals surface area contributed by atoms with Gasteiger partial charge in [0.2, 0.25) is 0 Å². The molecule has 232 valence electrons. The van der Waals surface area contributed by atoms with E-state index < -0.39 is 0 Å². The monoisotopic (exact) mass is 710 g/mol.